The molecule has 2 heterocycles. The fourth-order valence-corrected chi connectivity index (χ4v) is 5.86. The summed E-state index contributed by atoms with van der Waals surface area (Å²) in [5.41, 5.74) is 5.47. The smallest absolute Gasteiger partial charge is 0.868 e. The third-order valence-corrected chi connectivity index (χ3v) is 7.88. The summed E-state index contributed by atoms with van der Waals surface area (Å²) in [4.78, 5) is 17.9. The first kappa shape index (κ1) is 27.5. The molecule has 0 unspecified atom stereocenters. The van der Waals surface area contributed by atoms with Crippen LogP contribution >= 0.6 is 0 Å². The minimum absolute atomic E-state index is 0. The van der Waals surface area contributed by atoms with E-state index in [2.05, 4.69) is 53.5 Å². The SMILES string of the molecule is [Li+].[O-]c1ccc(-c2c3ccccc3cc3cc(-c4nc(-c5ccccc5)nc(-c5ccccc5)n4)ccc23)c2ccc[nH+]c12. The maximum Gasteiger partial charge on any atom is 1.00 e. The van der Waals surface area contributed by atoms with Crippen molar-refractivity contribution in [3.8, 4) is 51.0 Å². The summed E-state index contributed by atoms with van der Waals surface area (Å²) in [7, 11) is 0. The molecule has 6 aromatic carbocycles. The summed E-state index contributed by atoms with van der Waals surface area (Å²) in [6.45, 7) is 0. The van der Waals surface area contributed by atoms with Gasteiger partial charge in [0.2, 0.25) is 5.52 Å². The van der Waals surface area contributed by atoms with Gasteiger partial charge in [0.15, 0.2) is 23.7 Å². The Morgan fingerprint density at radius 1 is 0.477 bits per heavy atom. The molecule has 0 spiro atoms. The number of hydrogen-bond acceptors (Lipinski definition) is 4. The molecule has 0 atom stereocenters. The van der Waals surface area contributed by atoms with E-state index in [0.29, 0.717) is 23.0 Å². The van der Waals surface area contributed by atoms with Crippen LogP contribution in [0.4, 0.5) is 0 Å². The van der Waals surface area contributed by atoms with E-state index in [-0.39, 0.29) is 24.6 Å². The Hall–Kier alpha value is -5.34. The number of H-pyrrole nitrogens is 1. The minimum Gasteiger partial charge on any atom is -0.868 e. The number of nitrogens with one attached hydrogen (secondary N) is 1. The van der Waals surface area contributed by atoms with Crippen molar-refractivity contribution in [2.45, 2.75) is 0 Å². The van der Waals surface area contributed by atoms with Crippen molar-refractivity contribution in [1.82, 2.24) is 15.0 Å². The normalized spacial score (nSPS) is 11.1. The molecule has 8 aromatic rings. The summed E-state index contributed by atoms with van der Waals surface area (Å²) >= 11 is 0. The van der Waals surface area contributed by atoms with Gasteiger partial charge in [0.1, 0.15) is 0 Å². The molecule has 1 N–H and O–H groups in total. The zero-order valence-electron chi connectivity index (χ0n) is 24.0. The van der Waals surface area contributed by atoms with Gasteiger partial charge in [-0.15, -0.1) is 0 Å². The van der Waals surface area contributed by atoms with Gasteiger partial charge in [-0.3, -0.25) is 0 Å². The van der Waals surface area contributed by atoms with Crippen LogP contribution in [0.25, 0.3) is 77.7 Å². The van der Waals surface area contributed by atoms with Crippen LogP contribution in [0.1, 0.15) is 0 Å². The number of fused-ring (bicyclic) bond motifs is 3. The van der Waals surface area contributed by atoms with E-state index in [9.17, 15) is 5.11 Å². The number of nitrogens with zero attached hydrogens (tertiary/aromatic N) is 3. The molecule has 0 aliphatic heterocycles. The molecule has 8 rings (SSSR count). The van der Waals surface area contributed by atoms with Gasteiger partial charge in [0.25, 0.3) is 0 Å². The van der Waals surface area contributed by atoms with Gasteiger partial charge < -0.3 is 5.11 Å². The van der Waals surface area contributed by atoms with Crippen LogP contribution in [0.2, 0.25) is 0 Å². The van der Waals surface area contributed by atoms with Crippen molar-refractivity contribution in [3.63, 3.8) is 0 Å². The van der Waals surface area contributed by atoms with Crippen molar-refractivity contribution >= 4 is 32.4 Å². The van der Waals surface area contributed by atoms with E-state index in [1.165, 1.54) is 0 Å². The first-order valence-electron chi connectivity index (χ1n) is 14.2. The summed E-state index contributed by atoms with van der Waals surface area (Å²) in [5, 5.41) is 18.0. The maximum atomic E-state index is 12.7. The molecule has 5 nitrogen and oxygen atoms in total. The number of aromatic nitrogens is 4. The van der Waals surface area contributed by atoms with Crippen molar-refractivity contribution in [1.29, 1.82) is 0 Å². The predicted octanol–water partition coefficient (Wildman–Crippen LogP) is 4.89. The van der Waals surface area contributed by atoms with Gasteiger partial charge in [-0.05, 0) is 56.6 Å². The predicted molar refractivity (Wildman–Crippen MR) is 170 cm³/mol. The third kappa shape index (κ3) is 4.79. The largest absolute Gasteiger partial charge is 1.00 e. The number of hydrogen-bond donors (Lipinski definition) is 0. The second-order valence-corrected chi connectivity index (χ2v) is 10.5. The number of benzene rings is 6. The van der Waals surface area contributed by atoms with E-state index < -0.39 is 0 Å². The third-order valence-electron chi connectivity index (χ3n) is 7.88. The Labute approximate surface area is 266 Å². The molecule has 0 fully saturated rings. The summed E-state index contributed by atoms with van der Waals surface area (Å²) in [5.74, 6) is 1.85. The molecule has 0 bridgehead atoms. The van der Waals surface area contributed by atoms with E-state index in [0.717, 1.165) is 54.7 Å². The second-order valence-electron chi connectivity index (χ2n) is 10.5. The van der Waals surface area contributed by atoms with Crippen molar-refractivity contribution in [2.24, 2.45) is 0 Å². The second kappa shape index (κ2) is 11.4. The molecular formula is C38H24LiN4O+. The fourth-order valence-electron chi connectivity index (χ4n) is 5.86. The Kier molecular flexibility index (Phi) is 7.11. The molecule has 0 radical (unpaired) electrons. The van der Waals surface area contributed by atoms with Crippen LogP contribution in [0.5, 0.6) is 5.75 Å². The molecule has 0 saturated heterocycles. The standard InChI is InChI=1S/C38H24N4O.Li/c43-33-20-19-31(32-16-9-21-39-35(32)33)34-29-15-8-7-14-26(29)22-28-23-27(17-18-30(28)34)38-41-36(24-10-3-1-4-11-24)40-37(42-38)25-12-5-2-6-13-25;/h1-23,43H;/q;+1. The van der Waals surface area contributed by atoms with Gasteiger partial charge in [0, 0.05) is 22.8 Å². The average molecular weight is 560 g/mol. The van der Waals surface area contributed by atoms with E-state index in [4.69, 9.17) is 15.0 Å². The van der Waals surface area contributed by atoms with Crippen LogP contribution in [0.3, 0.4) is 0 Å². The van der Waals surface area contributed by atoms with E-state index in [1.54, 1.807) is 12.3 Å². The van der Waals surface area contributed by atoms with Gasteiger partial charge in [-0.25, -0.2) is 19.9 Å². The van der Waals surface area contributed by atoms with Crippen molar-refractivity contribution in [2.75, 3.05) is 0 Å². The average Bonchev–Trinajstić information content (AvgIpc) is 3.08. The van der Waals surface area contributed by atoms with Crippen molar-refractivity contribution in [3.05, 3.63) is 140 Å². The molecule has 2 aromatic heterocycles. The van der Waals surface area contributed by atoms with Crippen LogP contribution in [-0.2, 0) is 0 Å². The number of pyridine rings is 1. The molecule has 44 heavy (non-hydrogen) atoms. The monoisotopic (exact) mass is 559 g/mol. The molecule has 0 amide bonds. The molecule has 6 heteroatoms. The van der Waals surface area contributed by atoms with Gasteiger partial charge in [-0.2, -0.15) is 0 Å². The Morgan fingerprint density at radius 2 is 1.07 bits per heavy atom. The number of aromatic amines is 1. The first-order valence-corrected chi connectivity index (χ1v) is 14.2. The van der Waals surface area contributed by atoms with Crippen LogP contribution < -0.4 is 29.0 Å². The summed E-state index contributed by atoms with van der Waals surface area (Å²) in [6.07, 6.45) is 1.79. The molecule has 0 saturated carbocycles. The Morgan fingerprint density at radius 3 is 1.77 bits per heavy atom. The van der Waals surface area contributed by atoms with E-state index in [1.807, 2.05) is 78.9 Å². The van der Waals surface area contributed by atoms with Crippen molar-refractivity contribution < 1.29 is 29.0 Å². The summed E-state index contributed by atoms with van der Waals surface area (Å²) < 4.78 is 0. The van der Waals surface area contributed by atoms with E-state index >= 15 is 0 Å². The minimum atomic E-state index is -0.0237. The fraction of sp³-hybridized carbons (Fsp3) is 0. The maximum absolute atomic E-state index is 12.7. The van der Waals surface area contributed by atoms with Crippen LogP contribution in [-0.4, -0.2) is 15.0 Å². The molecule has 0 aliphatic carbocycles. The van der Waals surface area contributed by atoms with Crippen LogP contribution in [0, 0.1) is 0 Å². The van der Waals surface area contributed by atoms with Gasteiger partial charge in [0.05, 0.1) is 5.39 Å². The quantitative estimate of drug-likeness (QED) is 0.227. The van der Waals surface area contributed by atoms with Gasteiger partial charge >= 0.3 is 18.9 Å². The number of rotatable bonds is 4. The topological polar surface area (TPSA) is 75.9 Å². The zero-order chi connectivity index (χ0) is 28.8. The van der Waals surface area contributed by atoms with Crippen LogP contribution in [0.15, 0.2) is 140 Å². The Balaban J connectivity index is 0.00000312. The molecular weight excluding hydrogens is 535 g/mol. The molecule has 0 aliphatic rings. The Bertz CT molecular complexity index is 2250. The van der Waals surface area contributed by atoms with Gasteiger partial charge in [-0.1, -0.05) is 109 Å². The zero-order valence-corrected chi connectivity index (χ0v) is 24.0. The molecule has 202 valence electrons. The first-order chi connectivity index (χ1) is 21.2. The summed E-state index contributed by atoms with van der Waals surface area (Å²) in [6, 6.07) is 44.5.